The Labute approximate surface area is 180 Å². The molecule has 9 nitrogen and oxygen atoms in total. The summed E-state index contributed by atoms with van der Waals surface area (Å²) in [5.74, 6) is 1.27. The molecule has 0 saturated heterocycles. The number of methoxy groups -OCH3 is 3. The number of sulfonamides is 1. The minimum Gasteiger partial charge on any atom is -0.497 e. The molecule has 1 heterocycles. The lowest BCUT2D eigenvalue weighted by Crippen LogP contribution is -2.32. The first-order valence-electron chi connectivity index (χ1n) is 9.32. The Morgan fingerprint density at radius 1 is 0.903 bits per heavy atom. The summed E-state index contributed by atoms with van der Waals surface area (Å²) >= 11 is 0. The number of rotatable bonds is 9. The van der Waals surface area contributed by atoms with Crippen molar-refractivity contribution in [1.29, 1.82) is 0 Å². The second-order valence-corrected chi connectivity index (χ2v) is 8.16. The molecule has 31 heavy (non-hydrogen) atoms. The molecule has 0 aliphatic rings. The quantitative estimate of drug-likeness (QED) is 0.536. The number of hydrogen-bond acceptors (Lipinski definition) is 7. The van der Waals surface area contributed by atoms with Crippen molar-refractivity contribution in [3.8, 4) is 28.5 Å². The molecule has 2 aromatic carbocycles. The summed E-state index contributed by atoms with van der Waals surface area (Å²) in [4.78, 5) is 12.1. The van der Waals surface area contributed by atoms with Crippen molar-refractivity contribution in [3.63, 3.8) is 0 Å². The molecule has 3 aromatic rings. The van der Waals surface area contributed by atoms with E-state index in [9.17, 15) is 13.2 Å². The van der Waals surface area contributed by atoms with E-state index in [4.69, 9.17) is 14.2 Å². The maximum absolute atomic E-state index is 12.7. The Kier molecular flexibility index (Phi) is 6.93. The first-order chi connectivity index (χ1) is 14.9. The van der Waals surface area contributed by atoms with Crippen molar-refractivity contribution < 1.29 is 22.6 Å². The van der Waals surface area contributed by atoms with E-state index in [1.807, 2.05) is 12.1 Å². The second-order valence-electron chi connectivity index (χ2n) is 6.42. The molecular formula is C21H23N3O6S. The van der Waals surface area contributed by atoms with Gasteiger partial charge in [0.15, 0.2) is 0 Å². The van der Waals surface area contributed by atoms with Crippen LogP contribution in [0.4, 0.5) is 0 Å². The van der Waals surface area contributed by atoms with Crippen LogP contribution in [0.15, 0.2) is 64.3 Å². The fraction of sp³-hybridized carbons (Fsp3) is 0.238. The molecule has 0 aliphatic heterocycles. The monoisotopic (exact) mass is 445 g/mol. The molecule has 3 rings (SSSR count). The predicted octanol–water partition coefficient (Wildman–Crippen LogP) is 1.91. The summed E-state index contributed by atoms with van der Waals surface area (Å²) in [7, 11) is 0.506. The topological polar surface area (TPSA) is 109 Å². The number of ether oxygens (including phenoxy) is 3. The van der Waals surface area contributed by atoms with Gasteiger partial charge < -0.3 is 14.2 Å². The Bertz CT molecular complexity index is 1210. The molecule has 10 heteroatoms. The molecule has 0 radical (unpaired) electrons. The molecule has 0 fully saturated rings. The summed E-state index contributed by atoms with van der Waals surface area (Å²) in [6.07, 6.45) is 0. The highest BCUT2D eigenvalue weighted by atomic mass is 32.2. The Morgan fingerprint density at radius 2 is 1.58 bits per heavy atom. The summed E-state index contributed by atoms with van der Waals surface area (Å²) in [5.41, 5.74) is 1.05. The summed E-state index contributed by atoms with van der Waals surface area (Å²) in [6.45, 7) is 0.00993. The van der Waals surface area contributed by atoms with Crippen molar-refractivity contribution in [3.05, 3.63) is 65.0 Å². The number of nitrogens with zero attached hydrogens (tertiary/aromatic N) is 2. The molecule has 1 N–H and O–H groups in total. The zero-order chi connectivity index (χ0) is 22.4. The standard InChI is InChI=1S/C21H23N3O6S/c1-28-16-6-4-15(5-7-16)18-9-11-21(25)24(23-18)13-12-22-31(26,27)20-14-17(29-2)8-10-19(20)30-3/h4-11,14,22H,12-13H2,1-3H3. The highest BCUT2D eigenvalue weighted by Crippen LogP contribution is 2.28. The van der Waals surface area contributed by atoms with Gasteiger partial charge in [-0.25, -0.2) is 17.8 Å². The third kappa shape index (κ3) is 5.22. The van der Waals surface area contributed by atoms with Gasteiger partial charge in [-0.15, -0.1) is 0 Å². The Hall–Kier alpha value is -3.37. The van der Waals surface area contributed by atoms with Crippen LogP contribution in [-0.2, 0) is 16.6 Å². The first-order valence-corrected chi connectivity index (χ1v) is 10.8. The predicted molar refractivity (Wildman–Crippen MR) is 115 cm³/mol. The molecular weight excluding hydrogens is 422 g/mol. The lowest BCUT2D eigenvalue weighted by molar-refractivity contribution is 0.392. The van der Waals surface area contributed by atoms with Crippen LogP contribution in [0.1, 0.15) is 0 Å². The molecule has 0 unspecified atom stereocenters. The molecule has 0 atom stereocenters. The molecule has 0 amide bonds. The minimum absolute atomic E-state index is 0.0400. The van der Waals surface area contributed by atoms with Gasteiger partial charge in [-0.05, 0) is 42.5 Å². The number of hydrogen-bond donors (Lipinski definition) is 1. The van der Waals surface area contributed by atoms with E-state index in [1.165, 1.54) is 37.1 Å². The average Bonchev–Trinajstić information content (AvgIpc) is 2.79. The highest BCUT2D eigenvalue weighted by molar-refractivity contribution is 7.89. The maximum atomic E-state index is 12.7. The van der Waals surface area contributed by atoms with Crippen LogP contribution in [-0.4, -0.2) is 46.1 Å². The zero-order valence-electron chi connectivity index (χ0n) is 17.4. The fourth-order valence-corrected chi connectivity index (χ4v) is 4.09. The Morgan fingerprint density at radius 3 is 2.23 bits per heavy atom. The van der Waals surface area contributed by atoms with Crippen LogP contribution < -0.4 is 24.5 Å². The van der Waals surface area contributed by atoms with E-state index in [0.29, 0.717) is 17.2 Å². The van der Waals surface area contributed by atoms with E-state index in [0.717, 1.165) is 5.56 Å². The van der Waals surface area contributed by atoms with Crippen LogP contribution in [0.25, 0.3) is 11.3 Å². The van der Waals surface area contributed by atoms with E-state index in [1.54, 1.807) is 31.4 Å². The van der Waals surface area contributed by atoms with Crippen molar-refractivity contribution >= 4 is 10.0 Å². The van der Waals surface area contributed by atoms with Gasteiger partial charge in [-0.1, -0.05) is 0 Å². The Balaban J connectivity index is 1.76. The minimum atomic E-state index is -3.90. The number of aromatic nitrogens is 2. The van der Waals surface area contributed by atoms with Crippen LogP contribution in [0.3, 0.4) is 0 Å². The van der Waals surface area contributed by atoms with Crippen molar-refractivity contribution in [1.82, 2.24) is 14.5 Å². The smallest absolute Gasteiger partial charge is 0.266 e. The van der Waals surface area contributed by atoms with E-state index >= 15 is 0 Å². The largest absolute Gasteiger partial charge is 0.497 e. The third-order valence-corrected chi connectivity index (χ3v) is 6.01. The van der Waals surface area contributed by atoms with Gasteiger partial charge >= 0.3 is 0 Å². The van der Waals surface area contributed by atoms with Gasteiger partial charge in [-0.3, -0.25) is 4.79 Å². The summed E-state index contributed by atoms with van der Waals surface area (Å²) < 4.78 is 44.5. The van der Waals surface area contributed by atoms with Crippen LogP contribution in [0, 0.1) is 0 Å². The molecule has 1 aromatic heterocycles. The highest BCUT2D eigenvalue weighted by Gasteiger charge is 2.20. The van der Waals surface area contributed by atoms with Gasteiger partial charge in [0.2, 0.25) is 10.0 Å². The van der Waals surface area contributed by atoms with Crippen molar-refractivity contribution in [2.75, 3.05) is 27.9 Å². The first kappa shape index (κ1) is 22.3. The normalized spacial score (nSPS) is 11.2. The number of nitrogens with one attached hydrogen (secondary N) is 1. The average molecular weight is 445 g/mol. The summed E-state index contributed by atoms with van der Waals surface area (Å²) in [5, 5.41) is 4.34. The van der Waals surface area contributed by atoms with Gasteiger partial charge in [0, 0.05) is 24.2 Å². The SMILES string of the molecule is COc1ccc(-c2ccc(=O)n(CCNS(=O)(=O)c3cc(OC)ccc3OC)n2)cc1. The van der Waals surface area contributed by atoms with Gasteiger partial charge in [0.1, 0.15) is 22.1 Å². The van der Waals surface area contributed by atoms with Gasteiger partial charge in [0.05, 0.1) is 33.6 Å². The molecule has 0 spiro atoms. The molecule has 0 bridgehead atoms. The van der Waals surface area contributed by atoms with Crippen LogP contribution in [0.5, 0.6) is 17.2 Å². The van der Waals surface area contributed by atoms with Crippen molar-refractivity contribution in [2.45, 2.75) is 11.4 Å². The van der Waals surface area contributed by atoms with E-state index in [2.05, 4.69) is 9.82 Å². The zero-order valence-corrected chi connectivity index (χ0v) is 18.2. The van der Waals surface area contributed by atoms with Crippen LogP contribution >= 0.6 is 0 Å². The van der Waals surface area contributed by atoms with E-state index < -0.39 is 10.0 Å². The fourth-order valence-electron chi connectivity index (χ4n) is 2.88. The molecule has 0 aliphatic carbocycles. The van der Waals surface area contributed by atoms with Crippen molar-refractivity contribution in [2.24, 2.45) is 0 Å². The van der Waals surface area contributed by atoms with Gasteiger partial charge in [-0.2, -0.15) is 5.10 Å². The third-order valence-electron chi connectivity index (χ3n) is 4.53. The molecule has 164 valence electrons. The second kappa shape index (κ2) is 9.63. The maximum Gasteiger partial charge on any atom is 0.266 e. The van der Waals surface area contributed by atoms with Crippen LogP contribution in [0.2, 0.25) is 0 Å². The van der Waals surface area contributed by atoms with E-state index in [-0.39, 0.29) is 29.3 Å². The lowest BCUT2D eigenvalue weighted by Gasteiger charge is -2.13. The molecule has 0 saturated carbocycles. The summed E-state index contributed by atoms with van der Waals surface area (Å²) in [6, 6.07) is 14.7. The number of benzene rings is 2. The lowest BCUT2D eigenvalue weighted by atomic mass is 10.1. The van der Waals surface area contributed by atoms with Gasteiger partial charge in [0.25, 0.3) is 5.56 Å².